The largest absolute Gasteiger partial charge is 0.313 e. The van der Waals surface area contributed by atoms with Crippen LogP contribution in [0.25, 0.3) is 0 Å². The second-order valence-corrected chi connectivity index (χ2v) is 7.34. The number of benzene rings is 2. The zero-order chi connectivity index (χ0) is 18.2. The lowest BCUT2D eigenvalue weighted by Crippen LogP contribution is -2.38. The predicted molar refractivity (Wildman–Crippen MR) is 99.6 cm³/mol. The summed E-state index contributed by atoms with van der Waals surface area (Å²) in [6.45, 7) is 4.13. The Hall–Kier alpha value is -1.91. The highest BCUT2D eigenvalue weighted by Gasteiger charge is 2.45. The summed E-state index contributed by atoms with van der Waals surface area (Å²) < 4.78 is 14.4. The van der Waals surface area contributed by atoms with Crippen molar-refractivity contribution in [3.63, 3.8) is 0 Å². The maximum absolute atomic E-state index is 14.4. The van der Waals surface area contributed by atoms with E-state index in [1.54, 1.807) is 11.0 Å². The van der Waals surface area contributed by atoms with E-state index in [1.165, 1.54) is 6.07 Å². The van der Waals surface area contributed by atoms with Crippen LogP contribution in [0.15, 0.2) is 42.5 Å². The molecule has 3 rings (SSSR count). The van der Waals surface area contributed by atoms with Gasteiger partial charge in [-0.3, -0.25) is 4.79 Å². The molecule has 0 bridgehead atoms. The Labute approximate surface area is 152 Å². The van der Waals surface area contributed by atoms with Crippen LogP contribution in [0, 0.1) is 5.82 Å². The van der Waals surface area contributed by atoms with Crippen molar-refractivity contribution in [3.8, 4) is 0 Å². The third-order valence-electron chi connectivity index (χ3n) is 4.95. The molecule has 2 aromatic rings. The molecular formula is C20H22ClFN2O. The highest BCUT2D eigenvalue weighted by molar-refractivity contribution is 6.30. The van der Waals surface area contributed by atoms with E-state index in [0.717, 1.165) is 11.1 Å². The first-order valence-electron chi connectivity index (χ1n) is 8.40. The maximum Gasteiger partial charge on any atom is 0.237 e. The average Bonchev–Trinajstić information content (AvgIpc) is 2.77. The number of halogens is 2. The van der Waals surface area contributed by atoms with Crippen LogP contribution in [-0.2, 0) is 10.2 Å². The highest BCUT2D eigenvalue weighted by Crippen LogP contribution is 2.43. The van der Waals surface area contributed by atoms with Crippen LogP contribution in [0.3, 0.4) is 0 Å². The van der Waals surface area contributed by atoms with Gasteiger partial charge >= 0.3 is 0 Å². The summed E-state index contributed by atoms with van der Waals surface area (Å²) in [6.07, 6.45) is 0.659. The Morgan fingerprint density at radius 2 is 1.96 bits per heavy atom. The molecule has 0 saturated carbocycles. The second-order valence-electron chi connectivity index (χ2n) is 6.90. The molecule has 3 nitrogen and oxygen atoms in total. The van der Waals surface area contributed by atoms with Crippen molar-refractivity contribution >= 4 is 23.2 Å². The molecule has 1 heterocycles. The van der Waals surface area contributed by atoms with Crippen LogP contribution < -0.4 is 10.2 Å². The van der Waals surface area contributed by atoms with Gasteiger partial charge in [-0.2, -0.15) is 0 Å². The number of nitrogens with zero attached hydrogens (tertiary/aromatic N) is 1. The van der Waals surface area contributed by atoms with Gasteiger partial charge in [0, 0.05) is 17.6 Å². The van der Waals surface area contributed by atoms with Crippen molar-refractivity contribution in [3.05, 3.63) is 64.4 Å². The van der Waals surface area contributed by atoms with Gasteiger partial charge in [-0.25, -0.2) is 4.39 Å². The summed E-state index contributed by atoms with van der Waals surface area (Å²) in [6, 6.07) is 12.6. The number of rotatable bonds is 5. The standard InChI is InChI=1S/C20H22ClFN2O/c1-20(2)15-8-5-9-16(22)18(15)24(19(20)25)11-10-17(23-3)13-6-4-7-14(21)12-13/h4-9,12,17,23H,10-11H2,1-3H3. The number of nitrogens with one attached hydrogen (secondary N) is 1. The van der Waals surface area contributed by atoms with Crippen molar-refractivity contribution in [2.24, 2.45) is 0 Å². The van der Waals surface area contributed by atoms with E-state index in [0.29, 0.717) is 23.7 Å². The first-order valence-corrected chi connectivity index (χ1v) is 8.77. The SMILES string of the molecule is CNC(CCN1C(=O)C(C)(C)c2cccc(F)c21)c1cccc(Cl)c1. The Morgan fingerprint density at radius 1 is 1.24 bits per heavy atom. The summed E-state index contributed by atoms with van der Waals surface area (Å²) in [5.74, 6) is -0.409. The number of amides is 1. The number of hydrogen-bond acceptors (Lipinski definition) is 2. The lowest BCUT2D eigenvalue weighted by molar-refractivity contribution is -0.122. The van der Waals surface area contributed by atoms with Gasteiger partial charge in [-0.15, -0.1) is 0 Å². The number of fused-ring (bicyclic) bond motifs is 1. The topological polar surface area (TPSA) is 32.3 Å². The Kier molecular flexibility index (Phi) is 4.85. The minimum atomic E-state index is -0.706. The summed E-state index contributed by atoms with van der Waals surface area (Å²) in [5, 5.41) is 3.93. The van der Waals surface area contributed by atoms with Crippen LogP contribution in [0.5, 0.6) is 0 Å². The van der Waals surface area contributed by atoms with Crippen molar-refractivity contribution in [1.29, 1.82) is 0 Å². The third-order valence-corrected chi connectivity index (χ3v) is 5.19. The zero-order valence-corrected chi connectivity index (χ0v) is 15.4. The maximum atomic E-state index is 14.4. The molecule has 1 unspecified atom stereocenters. The van der Waals surface area contributed by atoms with Gasteiger partial charge in [0.1, 0.15) is 5.82 Å². The van der Waals surface area contributed by atoms with E-state index >= 15 is 0 Å². The van der Waals surface area contributed by atoms with Crippen LogP contribution in [0.4, 0.5) is 10.1 Å². The number of para-hydroxylation sites is 1. The Bertz CT molecular complexity index is 806. The van der Waals surface area contributed by atoms with Gasteiger partial charge in [0.2, 0.25) is 5.91 Å². The molecule has 0 spiro atoms. The van der Waals surface area contributed by atoms with Crippen molar-refractivity contribution < 1.29 is 9.18 Å². The van der Waals surface area contributed by atoms with E-state index in [2.05, 4.69) is 5.32 Å². The molecule has 0 aliphatic carbocycles. The average molecular weight is 361 g/mol. The fraction of sp³-hybridized carbons (Fsp3) is 0.350. The third kappa shape index (κ3) is 3.16. The lowest BCUT2D eigenvalue weighted by Gasteiger charge is -2.24. The first-order chi connectivity index (χ1) is 11.9. The van der Waals surface area contributed by atoms with Crippen molar-refractivity contribution in [2.45, 2.75) is 31.7 Å². The molecule has 0 radical (unpaired) electrons. The minimum Gasteiger partial charge on any atom is -0.313 e. The Balaban J connectivity index is 1.85. The molecule has 0 aromatic heterocycles. The molecule has 0 fully saturated rings. The molecule has 25 heavy (non-hydrogen) atoms. The molecule has 1 aliphatic rings. The molecule has 5 heteroatoms. The quantitative estimate of drug-likeness (QED) is 0.854. The van der Waals surface area contributed by atoms with Crippen LogP contribution >= 0.6 is 11.6 Å². The zero-order valence-electron chi connectivity index (χ0n) is 14.6. The monoisotopic (exact) mass is 360 g/mol. The van der Waals surface area contributed by atoms with E-state index in [9.17, 15) is 9.18 Å². The van der Waals surface area contributed by atoms with Gasteiger partial charge in [0.25, 0.3) is 0 Å². The molecular weight excluding hydrogens is 339 g/mol. The van der Waals surface area contributed by atoms with E-state index < -0.39 is 5.41 Å². The molecule has 0 saturated heterocycles. The van der Waals surface area contributed by atoms with Crippen LogP contribution in [0.1, 0.15) is 37.4 Å². The molecule has 2 aromatic carbocycles. The second kappa shape index (κ2) is 6.77. The van der Waals surface area contributed by atoms with Gasteiger partial charge in [-0.05, 0) is 56.6 Å². The highest BCUT2D eigenvalue weighted by atomic mass is 35.5. The molecule has 1 aliphatic heterocycles. The first kappa shape index (κ1) is 17.9. The summed E-state index contributed by atoms with van der Waals surface area (Å²) in [5.41, 5.74) is 1.51. The van der Waals surface area contributed by atoms with E-state index in [4.69, 9.17) is 11.6 Å². The molecule has 1 amide bonds. The minimum absolute atomic E-state index is 0.0328. The van der Waals surface area contributed by atoms with Gasteiger partial charge < -0.3 is 10.2 Å². The molecule has 1 atom stereocenters. The van der Waals surface area contributed by atoms with Gasteiger partial charge in [0.05, 0.1) is 11.1 Å². The summed E-state index contributed by atoms with van der Waals surface area (Å²) in [4.78, 5) is 14.4. The van der Waals surface area contributed by atoms with Crippen LogP contribution in [0.2, 0.25) is 5.02 Å². The Morgan fingerprint density at radius 3 is 2.64 bits per heavy atom. The van der Waals surface area contributed by atoms with E-state index in [1.807, 2.05) is 51.2 Å². The fourth-order valence-corrected chi connectivity index (χ4v) is 3.72. The summed E-state index contributed by atoms with van der Waals surface area (Å²) >= 11 is 6.08. The van der Waals surface area contributed by atoms with E-state index in [-0.39, 0.29) is 17.8 Å². The summed E-state index contributed by atoms with van der Waals surface area (Å²) in [7, 11) is 1.87. The number of carbonyl (C=O) groups excluding carboxylic acids is 1. The molecule has 1 N–H and O–H groups in total. The number of hydrogen-bond donors (Lipinski definition) is 1. The molecule has 132 valence electrons. The van der Waals surface area contributed by atoms with Crippen molar-refractivity contribution in [2.75, 3.05) is 18.5 Å². The van der Waals surface area contributed by atoms with Gasteiger partial charge in [0.15, 0.2) is 0 Å². The van der Waals surface area contributed by atoms with Gasteiger partial charge in [-0.1, -0.05) is 35.9 Å². The van der Waals surface area contributed by atoms with Crippen LogP contribution in [-0.4, -0.2) is 19.5 Å². The fourth-order valence-electron chi connectivity index (χ4n) is 3.52. The number of anilines is 1. The smallest absolute Gasteiger partial charge is 0.237 e. The lowest BCUT2D eigenvalue weighted by atomic mass is 9.86. The van der Waals surface area contributed by atoms with Crippen molar-refractivity contribution in [1.82, 2.24) is 5.32 Å². The number of carbonyl (C=O) groups is 1. The normalized spacial score (nSPS) is 16.8. The predicted octanol–water partition coefficient (Wildman–Crippen LogP) is 4.45.